The van der Waals surface area contributed by atoms with Crippen LogP contribution in [0.1, 0.15) is 64.3 Å². The number of aliphatic hydroxyl groups excluding tert-OH is 2. The smallest absolute Gasteiger partial charge is 0.395 e. The Balaban J connectivity index is 0.000000135. The van der Waals surface area contributed by atoms with Crippen LogP contribution in [0.15, 0.2) is 151 Å². The summed E-state index contributed by atoms with van der Waals surface area (Å²) in [7, 11) is 0. The Kier molecular flexibility index (Phi) is 24.7. The van der Waals surface area contributed by atoms with E-state index in [-0.39, 0.29) is 104 Å². The fourth-order valence-corrected chi connectivity index (χ4v) is 12.4. The summed E-state index contributed by atoms with van der Waals surface area (Å²) < 4.78 is 174. The van der Waals surface area contributed by atoms with Gasteiger partial charge in [0.1, 0.15) is 29.1 Å². The first-order chi connectivity index (χ1) is 59.0. The van der Waals surface area contributed by atoms with Gasteiger partial charge in [0.2, 0.25) is 71.4 Å². The predicted octanol–water partition coefficient (Wildman–Crippen LogP) is 15.5. The van der Waals surface area contributed by atoms with E-state index >= 15 is 0 Å². The molecule has 34 nitrogen and oxygen atoms in total. The molecule has 12 N–H and O–H groups in total. The largest absolute Gasteiger partial charge is 0.416 e. The molecule has 1 aliphatic carbocycles. The first-order valence-corrected chi connectivity index (χ1v) is 37.6. The van der Waals surface area contributed by atoms with Gasteiger partial charge < -0.3 is 53.6 Å². The lowest BCUT2D eigenvalue weighted by molar-refractivity contribution is -0.138. The van der Waals surface area contributed by atoms with Crippen molar-refractivity contribution < 1.29 is 67.3 Å². The normalized spacial score (nSPS) is 12.3. The molecule has 1 aliphatic rings. The summed E-state index contributed by atoms with van der Waals surface area (Å²) in [5.74, 6) is 2.96. The third-order valence-electron chi connectivity index (χ3n) is 17.4. The molecule has 638 valence electrons. The van der Waals surface area contributed by atoms with Gasteiger partial charge in [-0.15, -0.1) is 0 Å². The summed E-state index contributed by atoms with van der Waals surface area (Å²) in [5.41, 5.74) is 13.9. The third-order valence-corrected chi connectivity index (χ3v) is 18.2. The number of nitrogens with two attached hydrogens (primary N) is 2. The number of pyridine rings is 4. The highest BCUT2D eigenvalue weighted by Gasteiger charge is 2.35. The molecule has 0 amide bonds. The average molecular weight is 1830 g/mol. The molecule has 4 aromatic carbocycles. The molecule has 124 heavy (non-hydrogen) atoms. The van der Waals surface area contributed by atoms with Crippen molar-refractivity contribution in [3.05, 3.63) is 212 Å². The Morgan fingerprint density at radius 1 is 0.379 bits per heavy atom. The lowest BCUT2D eigenvalue weighted by Crippen LogP contribution is -2.14. The fraction of sp³-hybridized carbons (Fsp3) is 0.189. The number of anilines is 12. The fourth-order valence-electron chi connectivity index (χ4n) is 11.8. The number of aliphatic hydroxyl groups is 2. The van der Waals surface area contributed by atoms with E-state index in [2.05, 4.69) is 148 Å². The molecule has 16 aromatic rings. The van der Waals surface area contributed by atoms with E-state index in [0.29, 0.717) is 101 Å². The molecule has 0 radical (unpaired) electrons. The number of hydrogen-bond acceptors (Lipinski definition) is 30. The summed E-state index contributed by atoms with van der Waals surface area (Å²) in [5, 5.41) is 36.2. The van der Waals surface area contributed by atoms with E-state index in [1.54, 1.807) is 57.4 Å². The molecule has 12 aromatic heterocycles. The first-order valence-electron chi connectivity index (χ1n) is 36.1. The van der Waals surface area contributed by atoms with Crippen LogP contribution in [-0.2, 0) is 24.7 Å². The number of fused-ring (bicyclic) bond motifs is 4. The molecule has 0 spiro atoms. The van der Waals surface area contributed by atoms with Crippen LogP contribution in [0.2, 0.25) is 10.0 Å². The van der Waals surface area contributed by atoms with Crippen LogP contribution in [0.3, 0.4) is 0 Å². The minimum Gasteiger partial charge on any atom is -0.395 e. The number of alkyl halides is 12. The Hall–Kier alpha value is -14.1. The highest BCUT2D eigenvalue weighted by molar-refractivity contribution is 9.10. The van der Waals surface area contributed by atoms with Crippen LogP contribution in [0.5, 0.6) is 0 Å². The van der Waals surface area contributed by atoms with Crippen LogP contribution in [0.25, 0.3) is 68.4 Å². The van der Waals surface area contributed by atoms with Crippen LogP contribution >= 0.6 is 39.1 Å². The van der Waals surface area contributed by atoms with E-state index in [1.165, 1.54) is 67.0 Å². The van der Waals surface area contributed by atoms with Crippen molar-refractivity contribution in [1.82, 2.24) is 118 Å². The summed E-state index contributed by atoms with van der Waals surface area (Å²) in [6.07, 6.45) is -10.2. The number of aryl methyl sites for hydroxylation is 3. The van der Waals surface area contributed by atoms with Crippen molar-refractivity contribution in [3.8, 4) is 23.8 Å². The summed E-state index contributed by atoms with van der Waals surface area (Å²) in [6.45, 7) is 5.31. The van der Waals surface area contributed by atoms with Gasteiger partial charge in [-0.3, -0.25) is 18.3 Å². The molecule has 0 bridgehead atoms. The van der Waals surface area contributed by atoms with Crippen LogP contribution in [0, 0.1) is 26.6 Å². The van der Waals surface area contributed by atoms with Gasteiger partial charge in [0.15, 0.2) is 22.6 Å². The first kappa shape index (κ1) is 86.3. The highest BCUT2D eigenvalue weighted by Crippen LogP contribution is 2.42. The molecule has 0 saturated heterocycles. The maximum Gasteiger partial charge on any atom is 0.416 e. The Morgan fingerprint density at radius 2 is 0.677 bits per heavy atom. The standard InChI is InChI=1S/C19H16BrF3N8O.C19H16ClF3N8O.C19H14F4N8.C17H12ClF3N8/c2*1-10-26-15-14(8-12(20)9-25-15)31(10)18-29-16(24-6-7-32)28-17(30-18)27-13-4-2-11(3-5-13)19(21,22)23;20-11-7-13-14(25-8-11)27-15(9-1-2-9)31(13)18-29-16(24)28-17(30-18)26-12-5-3-10(4-6-12)19(21,22)23;1-8-24-13-12(6-10(18)7-23-13)29(8)16-27-14(22)26-15(28-16)25-11-4-2-9(3-5-11)17(19,20)21/h2*2-5,8-9,32H,6-7H2,1H3,(H2,24,27,28,29,30);3-9H,1-2H2,(H3,24,26,28,29,30);2-7H,1H3,(H3,22,25,26,27,28). The summed E-state index contributed by atoms with van der Waals surface area (Å²) in [4.78, 5) is 85.1. The second kappa shape index (κ2) is 35.5. The lowest BCUT2D eigenvalue weighted by atomic mass is 10.2. The van der Waals surface area contributed by atoms with E-state index in [1.807, 2.05) is 6.07 Å². The topological polar surface area (TPSA) is 442 Å². The Morgan fingerprint density at radius 3 is 1.02 bits per heavy atom. The van der Waals surface area contributed by atoms with Gasteiger partial charge in [0.25, 0.3) is 0 Å². The molecule has 50 heteroatoms. The maximum absolute atomic E-state index is 13.8. The molecule has 1 fully saturated rings. The minimum absolute atomic E-state index is 0.0233. The van der Waals surface area contributed by atoms with Crippen molar-refractivity contribution in [2.75, 3.05) is 69.7 Å². The minimum atomic E-state index is -4.44. The summed E-state index contributed by atoms with van der Waals surface area (Å²) in [6, 6.07) is 24.2. The Labute approximate surface area is 705 Å². The van der Waals surface area contributed by atoms with Crippen molar-refractivity contribution >= 4 is 154 Å². The highest BCUT2D eigenvalue weighted by atomic mass is 79.9. The third kappa shape index (κ3) is 20.5. The van der Waals surface area contributed by atoms with Crippen molar-refractivity contribution in [2.24, 2.45) is 0 Å². The van der Waals surface area contributed by atoms with Gasteiger partial charge >= 0.3 is 24.7 Å². The zero-order valence-electron chi connectivity index (χ0n) is 63.5. The molecular formula is C74H58BrCl2F13N32O2. The van der Waals surface area contributed by atoms with Gasteiger partial charge in [0.05, 0.1) is 73.8 Å². The quantitative estimate of drug-likeness (QED) is 0.0336. The molecule has 12 heterocycles. The molecule has 1 saturated carbocycles. The van der Waals surface area contributed by atoms with E-state index in [4.69, 9.17) is 44.9 Å². The molecule has 0 aliphatic heterocycles. The van der Waals surface area contributed by atoms with E-state index < -0.39 is 52.8 Å². The van der Waals surface area contributed by atoms with Crippen molar-refractivity contribution in [3.63, 3.8) is 0 Å². The maximum atomic E-state index is 13.8. The number of nitrogens with zero attached hydrogens (tertiary/aromatic N) is 24. The molecule has 0 unspecified atom stereocenters. The van der Waals surface area contributed by atoms with Crippen molar-refractivity contribution in [1.29, 1.82) is 0 Å². The van der Waals surface area contributed by atoms with Gasteiger partial charge in [-0.1, -0.05) is 23.2 Å². The molecular weight excluding hydrogens is 1770 g/mol. The second-order valence-electron chi connectivity index (χ2n) is 26.3. The SMILES string of the molecule is Cc1nc2ncc(Br)cc2n1-c1nc(NCCO)nc(Nc2ccc(C(F)(F)F)cc2)n1.Cc1nc2ncc(Cl)cc2n1-c1nc(N)nc(Nc2ccc(C(F)(F)F)cc2)n1.Cc1nc2ncc(Cl)cc2n1-c1nc(NCCO)nc(Nc2ccc(C(F)(F)F)cc2)n1.Nc1nc(Nc2ccc(C(F)(F)F)cc2)nc(-n2c(C3CC3)nc3ncc(F)cc32)n1. The van der Waals surface area contributed by atoms with Gasteiger partial charge in [-0.05, 0) is 165 Å². The van der Waals surface area contributed by atoms with E-state index in [0.717, 1.165) is 72.0 Å². The van der Waals surface area contributed by atoms with E-state index in [9.17, 15) is 57.1 Å². The van der Waals surface area contributed by atoms with Crippen LogP contribution < -0.4 is 43.4 Å². The number of aromatic nitrogens is 24. The van der Waals surface area contributed by atoms with Gasteiger partial charge in [-0.25, -0.2) is 44.3 Å². The zero-order chi connectivity index (χ0) is 88.3. The number of imidazole rings is 4. The summed E-state index contributed by atoms with van der Waals surface area (Å²) >= 11 is 15.5. The predicted molar refractivity (Wildman–Crippen MR) is 432 cm³/mol. The average Bonchev–Trinajstić information content (AvgIpc) is 1.59. The van der Waals surface area contributed by atoms with Crippen molar-refractivity contribution in [2.45, 2.75) is 64.2 Å². The number of nitrogen functional groups attached to an aromatic ring is 2. The Bertz CT molecular complexity index is 6380. The van der Waals surface area contributed by atoms with Crippen LogP contribution in [-0.4, -0.2) is 154 Å². The lowest BCUT2D eigenvalue weighted by Gasteiger charge is -2.12. The molecule has 17 rings (SSSR count). The number of halogens is 16. The van der Waals surface area contributed by atoms with Gasteiger partial charge in [0, 0.05) is 70.9 Å². The molecule has 0 atom stereocenters. The zero-order valence-corrected chi connectivity index (χ0v) is 66.6. The van der Waals surface area contributed by atoms with Gasteiger partial charge in [-0.2, -0.15) is 112 Å². The van der Waals surface area contributed by atoms with Crippen LogP contribution in [0.4, 0.5) is 127 Å². The number of hydrogen-bond donors (Lipinski definition) is 10. The number of nitrogens with one attached hydrogen (secondary N) is 6. The number of benzene rings is 4. The number of rotatable bonds is 19. The second-order valence-corrected chi connectivity index (χ2v) is 28.1. The monoisotopic (exact) mass is 1820 g/mol.